The molecule has 0 radical (unpaired) electrons. The fourth-order valence-corrected chi connectivity index (χ4v) is 4.50. The van der Waals surface area contributed by atoms with Crippen molar-refractivity contribution in [2.24, 2.45) is 4.99 Å². The van der Waals surface area contributed by atoms with Gasteiger partial charge < -0.3 is 9.84 Å². The molecule has 0 spiro atoms. The summed E-state index contributed by atoms with van der Waals surface area (Å²) in [5, 5.41) is 9.36. The van der Waals surface area contributed by atoms with E-state index in [0.29, 0.717) is 15.8 Å². The highest BCUT2D eigenvalue weighted by atomic mass is 32.2. The summed E-state index contributed by atoms with van der Waals surface area (Å²) in [5.74, 6) is -0.730. The van der Waals surface area contributed by atoms with Crippen LogP contribution in [-0.2, 0) is 9.59 Å². The molecular weight excluding hydrogens is 460 g/mol. The Morgan fingerprint density at radius 2 is 1.60 bits per heavy atom. The number of ether oxygens (including phenoxy) is 1. The summed E-state index contributed by atoms with van der Waals surface area (Å²) in [7, 11) is 0. The number of thioether (sulfide) groups is 1. The van der Waals surface area contributed by atoms with Crippen molar-refractivity contribution < 1.29 is 19.4 Å². The van der Waals surface area contributed by atoms with Gasteiger partial charge in [-0.15, -0.1) is 0 Å². The van der Waals surface area contributed by atoms with E-state index in [4.69, 9.17) is 14.8 Å². The first-order chi connectivity index (χ1) is 16.7. The van der Waals surface area contributed by atoms with E-state index < -0.39 is 12.6 Å². The minimum Gasteiger partial charge on any atom is -0.482 e. The standard InChI is InChI=1S/C28H26N2O4S/c1-17-5-9-22(13-19(17)3)29-28-30(23-10-6-18(2)20(4)14-23)27(33)25(35-28)15-21-7-11-24(12-8-21)34-16-26(31)32/h5-15H,16H2,1-4H3,(H,31,32). The molecule has 1 fully saturated rings. The van der Waals surface area contributed by atoms with Crippen molar-refractivity contribution in [2.75, 3.05) is 11.5 Å². The zero-order chi connectivity index (χ0) is 25.1. The number of aliphatic imine (C=N–C) groups is 1. The number of aliphatic carboxylic acids is 1. The second kappa shape index (κ2) is 10.2. The molecule has 0 unspecified atom stereocenters. The van der Waals surface area contributed by atoms with E-state index in [2.05, 4.69) is 6.92 Å². The van der Waals surface area contributed by atoms with Crippen LogP contribution in [0.3, 0.4) is 0 Å². The van der Waals surface area contributed by atoms with Gasteiger partial charge in [-0.2, -0.15) is 0 Å². The van der Waals surface area contributed by atoms with Gasteiger partial charge in [-0.25, -0.2) is 9.79 Å². The molecule has 1 aliphatic heterocycles. The van der Waals surface area contributed by atoms with Gasteiger partial charge in [0.2, 0.25) is 0 Å². The smallest absolute Gasteiger partial charge is 0.341 e. The Morgan fingerprint density at radius 1 is 0.943 bits per heavy atom. The number of carbonyl (C=O) groups excluding carboxylic acids is 1. The first kappa shape index (κ1) is 24.3. The quantitative estimate of drug-likeness (QED) is 0.420. The Labute approximate surface area is 209 Å². The van der Waals surface area contributed by atoms with Gasteiger partial charge in [-0.3, -0.25) is 9.69 Å². The molecular formula is C28H26N2O4S. The first-order valence-corrected chi connectivity index (χ1v) is 11.9. The third-order valence-corrected chi connectivity index (χ3v) is 6.78. The second-order valence-electron chi connectivity index (χ2n) is 8.43. The van der Waals surface area contributed by atoms with Gasteiger partial charge in [-0.05, 0) is 110 Å². The molecule has 3 aromatic rings. The highest BCUT2D eigenvalue weighted by Gasteiger charge is 2.35. The number of amidine groups is 1. The van der Waals surface area contributed by atoms with Gasteiger partial charge in [0.05, 0.1) is 16.3 Å². The van der Waals surface area contributed by atoms with Crippen LogP contribution in [0.25, 0.3) is 6.08 Å². The van der Waals surface area contributed by atoms with Gasteiger partial charge >= 0.3 is 5.97 Å². The Hall–Kier alpha value is -3.84. The number of rotatable bonds is 6. The summed E-state index contributed by atoms with van der Waals surface area (Å²) in [6.45, 7) is 7.76. The number of hydrogen-bond donors (Lipinski definition) is 1. The summed E-state index contributed by atoms with van der Waals surface area (Å²) >= 11 is 1.33. The maximum Gasteiger partial charge on any atom is 0.341 e. The number of anilines is 1. The van der Waals surface area contributed by atoms with Crippen LogP contribution in [-0.4, -0.2) is 28.8 Å². The molecule has 0 atom stereocenters. The number of carboxylic acid groups (broad SMARTS) is 1. The number of aryl methyl sites for hydroxylation is 4. The lowest BCUT2D eigenvalue weighted by molar-refractivity contribution is -0.139. The normalized spacial score (nSPS) is 15.8. The molecule has 1 heterocycles. The fraction of sp³-hybridized carbons (Fsp3) is 0.179. The fourth-order valence-electron chi connectivity index (χ4n) is 3.50. The van der Waals surface area contributed by atoms with Crippen LogP contribution in [0.1, 0.15) is 27.8 Å². The van der Waals surface area contributed by atoms with Gasteiger partial charge in [0.1, 0.15) is 5.75 Å². The molecule has 4 rings (SSSR count). The average molecular weight is 487 g/mol. The van der Waals surface area contributed by atoms with Crippen molar-refractivity contribution in [3.05, 3.63) is 93.4 Å². The summed E-state index contributed by atoms with van der Waals surface area (Å²) in [6.07, 6.45) is 1.81. The molecule has 1 aliphatic rings. The van der Waals surface area contributed by atoms with Crippen LogP contribution in [0.2, 0.25) is 0 Å². The van der Waals surface area contributed by atoms with Gasteiger partial charge in [0.25, 0.3) is 5.91 Å². The molecule has 178 valence electrons. The highest BCUT2D eigenvalue weighted by molar-refractivity contribution is 8.19. The molecule has 0 bridgehead atoms. The van der Waals surface area contributed by atoms with E-state index in [1.54, 1.807) is 29.2 Å². The van der Waals surface area contributed by atoms with E-state index in [1.165, 1.54) is 17.3 Å². The van der Waals surface area contributed by atoms with Gasteiger partial charge in [0, 0.05) is 0 Å². The van der Waals surface area contributed by atoms with Crippen LogP contribution in [0, 0.1) is 27.7 Å². The zero-order valence-corrected chi connectivity index (χ0v) is 20.8. The van der Waals surface area contributed by atoms with Crippen LogP contribution in [0.5, 0.6) is 5.75 Å². The first-order valence-electron chi connectivity index (χ1n) is 11.1. The van der Waals surface area contributed by atoms with Crippen molar-refractivity contribution in [2.45, 2.75) is 27.7 Å². The molecule has 0 aliphatic carbocycles. The minimum absolute atomic E-state index is 0.146. The van der Waals surface area contributed by atoms with Crippen molar-refractivity contribution in [1.29, 1.82) is 0 Å². The number of benzene rings is 3. The van der Waals surface area contributed by atoms with Crippen LogP contribution in [0.4, 0.5) is 11.4 Å². The topological polar surface area (TPSA) is 79.2 Å². The summed E-state index contributed by atoms with van der Waals surface area (Å²) in [5.41, 5.74) is 6.94. The van der Waals surface area contributed by atoms with Gasteiger partial charge in [0.15, 0.2) is 11.8 Å². The molecule has 0 saturated carbocycles. The van der Waals surface area contributed by atoms with E-state index in [-0.39, 0.29) is 5.91 Å². The highest BCUT2D eigenvalue weighted by Crippen LogP contribution is 2.38. The zero-order valence-electron chi connectivity index (χ0n) is 20.0. The average Bonchev–Trinajstić information content (AvgIpc) is 3.12. The minimum atomic E-state index is -1.04. The third-order valence-electron chi connectivity index (χ3n) is 5.81. The van der Waals surface area contributed by atoms with Crippen molar-refractivity contribution in [1.82, 2.24) is 0 Å². The lowest BCUT2D eigenvalue weighted by Crippen LogP contribution is -2.28. The molecule has 1 amide bonds. The molecule has 7 heteroatoms. The van der Waals surface area contributed by atoms with Crippen molar-refractivity contribution in [3.63, 3.8) is 0 Å². The Bertz CT molecular complexity index is 1360. The number of nitrogens with zero attached hydrogens (tertiary/aromatic N) is 2. The molecule has 3 aromatic carbocycles. The monoisotopic (exact) mass is 486 g/mol. The summed E-state index contributed by atoms with van der Waals surface area (Å²) in [6, 6.07) is 18.9. The second-order valence-corrected chi connectivity index (χ2v) is 9.44. The van der Waals surface area contributed by atoms with Gasteiger partial charge in [-0.1, -0.05) is 24.3 Å². The predicted molar refractivity (Wildman–Crippen MR) is 142 cm³/mol. The van der Waals surface area contributed by atoms with E-state index in [1.807, 2.05) is 63.2 Å². The SMILES string of the molecule is Cc1ccc(N=C2SC(=Cc3ccc(OCC(=O)O)cc3)C(=O)N2c2ccc(C)c(C)c2)cc1C. The van der Waals surface area contributed by atoms with E-state index in [9.17, 15) is 9.59 Å². The van der Waals surface area contributed by atoms with Crippen LogP contribution < -0.4 is 9.64 Å². The van der Waals surface area contributed by atoms with Crippen LogP contribution >= 0.6 is 11.8 Å². The molecule has 1 saturated heterocycles. The maximum atomic E-state index is 13.5. The number of carbonyl (C=O) groups is 2. The number of carboxylic acids is 1. The largest absolute Gasteiger partial charge is 0.482 e. The Morgan fingerprint density at radius 3 is 2.23 bits per heavy atom. The molecule has 6 nitrogen and oxygen atoms in total. The predicted octanol–water partition coefficient (Wildman–Crippen LogP) is 6.19. The van der Waals surface area contributed by atoms with Crippen LogP contribution in [0.15, 0.2) is 70.6 Å². The lowest BCUT2D eigenvalue weighted by Gasteiger charge is -2.17. The summed E-state index contributed by atoms with van der Waals surface area (Å²) < 4.78 is 5.19. The Balaban J connectivity index is 1.70. The third kappa shape index (κ3) is 5.63. The molecule has 35 heavy (non-hydrogen) atoms. The van der Waals surface area contributed by atoms with E-state index >= 15 is 0 Å². The number of amides is 1. The maximum absolute atomic E-state index is 13.5. The van der Waals surface area contributed by atoms with Crippen molar-refractivity contribution in [3.8, 4) is 5.75 Å². The Kier molecular flexibility index (Phi) is 7.07. The molecule has 1 N–H and O–H groups in total. The van der Waals surface area contributed by atoms with E-state index in [0.717, 1.165) is 33.6 Å². The summed E-state index contributed by atoms with van der Waals surface area (Å²) in [4.78, 5) is 31.3. The van der Waals surface area contributed by atoms with Crippen molar-refractivity contribution >= 4 is 46.3 Å². The number of hydrogen-bond acceptors (Lipinski definition) is 5. The lowest BCUT2D eigenvalue weighted by atomic mass is 10.1. The molecule has 0 aromatic heterocycles.